The minimum Gasteiger partial charge on any atom is -0.387 e. The number of ether oxygens (including phenoxy) is 4. The molecule has 0 saturated carbocycles. The molecule has 3 rings (SSSR count). The Labute approximate surface area is 154 Å². The zero-order valence-corrected chi connectivity index (χ0v) is 15.2. The van der Waals surface area contributed by atoms with E-state index in [4.69, 9.17) is 18.9 Å². The lowest BCUT2D eigenvalue weighted by Crippen LogP contribution is -2.58. The first kappa shape index (κ1) is 19.0. The Kier molecular flexibility index (Phi) is 6.77. The lowest BCUT2D eigenvalue weighted by atomic mass is 9.99. The zero-order chi connectivity index (χ0) is 18.4. The van der Waals surface area contributed by atoms with Crippen LogP contribution in [0.15, 0.2) is 60.7 Å². The van der Waals surface area contributed by atoms with Crippen molar-refractivity contribution in [3.63, 3.8) is 0 Å². The summed E-state index contributed by atoms with van der Waals surface area (Å²) in [4.78, 5) is 0. The summed E-state index contributed by atoms with van der Waals surface area (Å²) >= 11 is 0. The van der Waals surface area contributed by atoms with Crippen LogP contribution in [0.2, 0.25) is 0 Å². The molecule has 0 spiro atoms. The van der Waals surface area contributed by atoms with Crippen molar-refractivity contribution in [1.29, 1.82) is 0 Å². The fourth-order valence-corrected chi connectivity index (χ4v) is 3.13. The molecule has 0 amide bonds. The van der Waals surface area contributed by atoms with Gasteiger partial charge in [-0.2, -0.15) is 0 Å². The number of rotatable bonds is 7. The molecule has 2 aromatic carbocycles. The summed E-state index contributed by atoms with van der Waals surface area (Å²) in [5.41, 5.74) is 2.07. The van der Waals surface area contributed by atoms with Gasteiger partial charge in [-0.1, -0.05) is 60.7 Å². The van der Waals surface area contributed by atoms with Gasteiger partial charge in [0, 0.05) is 7.11 Å². The number of hydrogen-bond donors (Lipinski definition) is 1. The highest BCUT2D eigenvalue weighted by Gasteiger charge is 2.45. The maximum atomic E-state index is 10.8. The number of aliphatic hydroxyl groups is 1. The van der Waals surface area contributed by atoms with Gasteiger partial charge >= 0.3 is 0 Å². The first-order valence-electron chi connectivity index (χ1n) is 8.86. The Morgan fingerprint density at radius 2 is 1.35 bits per heavy atom. The quantitative estimate of drug-likeness (QED) is 0.825. The average molecular weight is 358 g/mol. The number of methoxy groups -OCH3 is 1. The summed E-state index contributed by atoms with van der Waals surface area (Å²) in [5, 5.41) is 10.8. The molecule has 5 atom stereocenters. The molecule has 1 heterocycles. The second kappa shape index (κ2) is 9.26. The van der Waals surface area contributed by atoms with E-state index in [0.29, 0.717) is 13.2 Å². The molecule has 0 bridgehead atoms. The van der Waals surface area contributed by atoms with Gasteiger partial charge in [0.05, 0.1) is 19.3 Å². The first-order chi connectivity index (χ1) is 12.7. The maximum Gasteiger partial charge on any atom is 0.186 e. The molecule has 5 nitrogen and oxygen atoms in total. The standard InChI is InChI=1S/C21H26O5/c1-15-19(24-13-16-9-5-3-6-10-16)18(22)20(21(23-2)26-15)25-14-17-11-7-4-8-12-17/h3-12,15,18-22H,13-14H2,1-2H3/t15?,18?,19-,20?,21?/m0/s1. The molecular formula is C21H26O5. The van der Waals surface area contributed by atoms with Crippen molar-refractivity contribution in [3.8, 4) is 0 Å². The predicted octanol–water partition coefficient (Wildman–Crippen LogP) is 2.91. The van der Waals surface area contributed by atoms with Crippen LogP contribution in [0.25, 0.3) is 0 Å². The molecule has 140 valence electrons. The van der Waals surface area contributed by atoms with E-state index in [2.05, 4.69) is 0 Å². The Morgan fingerprint density at radius 1 is 0.846 bits per heavy atom. The lowest BCUT2D eigenvalue weighted by molar-refractivity contribution is -0.305. The van der Waals surface area contributed by atoms with Gasteiger partial charge in [0.1, 0.15) is 18.3 Å². The van der Waals surface area contributed by atoms with Gasteiger partial charge in [0.2, 0.25) is 0 Å². The van der Waals surface area contributed by atoms with Crippen LogP contribution in [0.1, 0.15) is 18.1 Å². The molecule has 0 aromatic heterocycles. The fraction of sp³-hybridized carbons (Fsp3) is 0.429. The van der Waals surface area contributed by atoms with E-state index in [-0.39, 0.29) is 6.10 Å². The summed E-state index contributed by atoms with van der Waals surface area (Å²) in [6.45, 7) is 2.64. The van der Waals surface area contributed by atoms with E-state index in [9.17, 15) is 5.11 Å². The molecule has 1 N–H and O–H groups in total. The predicted molar refractivity (Wildman–Crippen MR) is 97.4 cm³/mol. The van der Waals surface area contributed by atoms with Gasteiger partial charge in [0.15, 0.2) is 6.29 Å². The van der Waals surface area contributed by atoms with Crippen molar-refractivity contribution in [1.82, 2.24) is 0 Å². The molecular weight excluding hydrogens is 332 g/mol. The van der Waals surface area contributed by atoms with E-state index in [0.717, 1.165) is 11.1 Å². The van der Waals surface area contributed by atoms with Crippen molar-refractivity contribution in [2.45, 2.75) is 50.8 Å². The van der Waals surface area contributed by atoms with Gasteiger partial charge in [-0.05, 0) is 18.1 Å². The SMILES string of the molecule is COC1OC(C)[C@H](OCc2ccccc2)C(O)C1OCc1ccccc1. The Bertz CT molecular complexity index is 648. The van der Waals surface area contributed by atoms with Gasteiger partial charge in [-0.25, -0.2) is 0 Å². The summed E-state index contributed by atoms with van der Waals surface area (Å²) < 4.78 is 23.2. The number of aliphatic hydroxyl groups excluding tert-OH is 1. The average Bonchev–Trinajstić information content (AvgIpc) is 2.68. The molecule has 1 aliphatic heterocycles. The third-order valence-corrected chi connectivity index (χ3v) is 4.56. The second-order valence-corrected chi connectivity index (χ2v) is 6.46. The molecule has 1 aliphatic rings. The van der Waals surface area contributed by atoms with Crippen molar-refractivity contribution in [2.24, 2.45) is 0 Å². The third-order valence-electron chi connectivity index (χ3n) is 4.56. The number of benzene rings is 2. The third kappa shape index (κ3) is 4.69. The monoisotopic (exact) mass is 358 g/mol. The molecule has 0 radical (unpaired) electrons. The van der Waals surface area contributed by atoms with E-state index >= 15 is 0 Å². The minimum atomic E-state index is -0.851. The molecule has 4 unspecified atom stereocenters. The molecule has 0 aliphatic carbocycles. The van der Waals surface area contributed by atoms with Gasteiger partial charge in [-0.15, -0.1) is 0 Å². The van der Waals surface area contributed by atoms with Crippen molar-refractivity contribution >= 4 is 0 Å². The molecule has 1 saturated heterocycles. The minimum absolute atomic E-state index is 0.310. The highest BCUT2D eigenvalue weighted by molar-refractivity contribution is 5.14. The van der Waals surface area contributed by atoms with Crippen LogP contribution in [0, 0.1) is 0 Å². The van der Waals surface area contributed by atoms with Crippen LogP contribution in [0.4, 0.5) is 0 Å². The van der Waals surface area contributed by atoms with Crippen LogP contribution in [0.3, 0.4) is 0 Å². The van der Waals surface area contributed by atoms with Crippen molar-refractivity contribution in [2.75, 3.05) is 7.11 Å². The molecule has 2 aromatic rings. The second-order valence-electron chi connectivity index (χ2n) is 6.46. The highest BCUT2D eigenvalue weighted by atomic mass is 16.7. The van der Waals surface area contributed by atoms with E-state index < -0.39 is 24.6 Å². The van der Waals surface area contributed by atoms with Crippen LogP contribution in [-0.2, 0) is 32.2 Å². The van der Waals surface area contributed by atoms with Crippen LogP contribution < -0.4 is 0 Å². The summed E-state index contributed by atoms with van der Waals surface area (Å²) in [6.07, 6.45) is -2.92. The Balaban J connectivity index is 1.64. The first-order valence-corrected chi connectivity index (χ1v) is 8.86. The van der Waals surface area contributed by atoms with Crippen molar-refractivity contribution in [3.05, 3.63) is 71.8 Å². The summed E-state index contributed by atoms with van der Waals surface area (Å²) in [5.74, 6) is 0. The van der Waals surface area contributed by atoms with Crippen LogP contribution in [0.5, 0.6) is 0 Å². The van der Waals surface area contributed by atoms with E-state index in [1.165, 1.54) is 0 Å². The molecule has 1 fully saturated rings. The highest BCUT2D eigenvalue weighted by Crippen LogP contribution is 2.27. The Hall–Kier alpha value is -1.76. The summed E-state index contributed by atoms with van der Waals surface area (Å²) in [7, 11) is 1.55. The lowest BCUT2D eigenvalue weighted by Gasteiger charge is -2.42. The van der Waals surface area contributed by atoms with Crippen molar-refractivity contribution < 1.29 is 24.1 Å². The van der Waals surface area contributed by atoms with E-state index in [1.54, 1.807) is 7.11 Å². The van der Waals surface area contributed by atoms with Gasteiger partial charge < -0.3 is 24.1 Å². The summed E-state index contributed by atoms with van der Waals surface area (Å²) in [6, 6.07) is 19.7. The smallest absolute Gasteiger partial charge is 0.186 e. The Morgan fingerprint density at radius 3 is 1.85 bits per heavy atom. The number of hydrogen-bond acceptors (Lipinski definition) is 5. The van der Waals surface area contributed by atoms with Crippen LogP contribution >= 0.6 is 0 Å². The normalized spacial score (nSPS) is 28.8. The van der Waals surface area contributed by atoms with E-state index in [1.807, 2.05) is 67.6 Å². The van der Waals surface area contributed by atoms with Gasteiger partial charge in [0.25, 0.3) is 0 Å². The van der Waals surface area contributed by atoms with Gasteiger partial charge in [-0.3, -0.25) is 0 Å². The topological polar surface area (TPSA) is 57.2 Å². The van der Waals surface area contributed by atoms with Crippen LogP contribution in [-0.4, -0.2) is 42.9 Å². The maximum absolute atomic E-state index is 10.8. The zero-order valence-electron chi connectivity index (χ0n) is 15.2. The molecule has 5 heteroatoms. The fourth-order valence-electron chi connectivity index (χ4n) is 3.13. The largest absolute Gasteiger partial charge is 0.387 e. The molecule has 26 heavy (non-hydrogen) atoms.